The van der Waals surface area contributed by atoms with Crippen LogP contribution in [-0.4, -0.2) is 48.0 Å². The first-order valence-electron chi connectivity index (χ1n) is 9.25. The summed E-state index contributed by atoms with van der Waals surface area (Å²) in [6.07, 6.45) is 6.00. The van der Waals surface area contributed by atoms with E-state index in [0.717, 1.165) is 24.0 Å². The molecule has 1 amide bonds. The molecule has 1 spiro atoms. The summed E-state index contributed by atoms with van der Waals surface area (Å²) in [5, 5.41) is 3.13. The molecular weight excluding hydrogens is 362 g/mol. The van der Waals surface area contributed by atoms with Gasteiger partial charge >= 0.3 is 0 Å². The Morgan fingerprint density at radius 3 is 2.70 bits per heavy atom. The van der Waals surface area contributed by atoms with Crippen molar-refractivity contribution in [2.45, 2.75) is 31.2 Å². The average molecular weight is 385 g/mol. The third-order valence-corrected chi connectivity index (χ3v) is 7.44. The zero-order valence-electron chi connectivity index (χ0n) is 15.1. The molecule has 3 heterocycles. The molecule has 0 aliphatic carbocycles. The van der Waals surface area contributed by atoms with Crippen LogP contribution in [0.2, 0.25) is 0 Å². The zero-order valence-corrected chi connectivity index (χ0v) is 15.9. The zero-order chi connectivity index (χ0) is 18.9. The summed E-state index contributed by atoms with van der Waals surface area (Å²) >= 11 is 0. The molecule has 0 saturated carbocycles. The molecule has 4 rings (SSSR count). The number of aryl methyl sites for hydroxylation is 2. The van der Waals surface area contributed by atoms with Crippen LogP contribution in [0, 0.1) is 0 Å². The van der Waals surface area contributed by atoms with Gasteiger partial charge in [-0.3, -0.25) is 9.78 Å². The molecule has 1 saturated heterocycles. The SMILES string of the molecule is O=C1N[C@]2(CCc3ccccc31)CCN(S(=O)(=O)CCc1ccncc1)C2. The number of carbonyl (C=O) groups is 1. The highest BCUT2D eigenvalue weighted by Gasteiger charge is 2.44. The van der Waals surface area contributed by atoms with E-state index < -0.39 is 15.6 Å². The average Bonchev–Trinajstić information content (AvgIpc) is 3.05. The van der Waals surface area contributed by atoms with Gasteiger partial charge in [0.25, 0.3) is 5.91 Å². The van der Waals surface area contributed by atoms with E-state index in [9.17, 15) is 13.2 Å². The van der Waals surface area contributed by atoms with E-state index in [0.29, 0.717) is 31.5 Å². The van der Waals surface area contributed by atoms with Gasteiger partial charge in [-0.1, -0.05) is 18.2 Å². The second-order valence-corrected chi connectivity index (χ2v) is 9.49. The molecule has 2 aliphatic heterocycles. The van der Waals surface area contributed by atoms with Gasteiger partial charge in [0.15, 0.2) is 0 Å². The Morgan fingerprint density at radius 2 is 1.89 bits per heavy atom. The molecule has 1 aromatic heterocycles. The lowest BCUT2D eigenvalue weighted by Gasteiger charge is -2.29. The maximum atomic E-state index is 12.8. The number of benzene rings is 1. The normalized spacial score (nSPS) is 23.0. The van der Waals surface area contributed by atoms with Crippen LogP contribution in [0.1, 0.15) is 34.3 Å². The number of fused-ring (bicyclic) bond motifs is 1. The van der Waals surface area contributed by atoms with E-state index in [1.54, 1.807) is 16.7 Å². The van der Waals surface area contributed by atoms with Gasteiger partial charge < -0.3 is 5.32 Å². The van der Waals surface area contributed by atoms with Gasteiger partial charge in [0.05, 0.1) is 11.3 Å². The molecule has 142 valence electrons. The van der Waals surface area contributed by atoms with Gasteiger partial charge in [-0.2, -0.15) is 4.31 Å². The fraction of sp³-hybridized carbons (Fsp3) is 0.400. The monoisotopic (exact) mass is 385 g/mol. The van der Waals surface area contributed by atoms with E-state index >= 15 is 0 Å². The Bertz CT molecular complexity index is 946. The van der Waals surface area contributed by atoms with Gasteiger partial charge in [-0.05, 0) is 55.0 Å². The van der Waals surface area contributed by atoms with Gasteiger partial charge in [-0.15, -0.1) is 0 Å². The van der Waals surface area contributed by atoms with E-state index in [4.69, 9.17) is 0 Å². The molecular formula is C20H23N3O3S. The minimum absolute atomic E-state index is 0.0707. The topological polar surface area (TPSA) is 79.4 Å². The fourth-order valence-corrected chi connectivity index (χ4v) is 5.57. The van der Waals surface area contributed by atoms with Crippen molar-refractivity contribution in [3.8, 4) is 0 Å². The molecule has 0 unspecified atom stereocenters. The third kappa shape index (κ3) is 3.75. The molecule has 27 heavy (non-hydrogen) atoms. The summed E-state index contributed by atoms with van der Waals surface area (Å²) in [6.45, 7) is 0.806. The maximum Gasteiger partial charge on any atom is 0.252 e. The summed E-state index contributed by atoms with van der Waals surface area (Å²) in [4.78, 5) is 16.6. The highest BCUT2D eigenvalue weighted by molar-refractivity contribution is 7.89. The molecule has 7 heteroatoms. The van der Waals surface area contributed by atoms with Crippen molar-refractivity contribution in [1.82, 2.24) is 14.6 Å². The van der Waals surface area contributed by atoms with Crippen molar-refractivity contribution in [3.05, 3.63) is 65.5 Å². The van der Waals surface area contributed by atoms with E-state index in [1.165, 1.54) is 0 Å². The molecule has 0 bridgehead atoms. The van der Waals surface area contributed by atoms with Gasteiger partial charge in [0.1, 0.15) is 0 Å². The molecule has 1 atom stereocenters. The maximum absolute atomic E-state index is 12.8. The number of sulfonamides is 1. The van der Waals surface area contributed by atoms with Gasteiger partial charge in [-0.25, -0.2) is 8.42 Å². The second kappa shape index (κ2) is 7.05. The fourth-order valence-electron chi connectivity index (χ4n) is 4.01. The summed E-state index contributed by atoms with van der Waals surface area (Å²) in [5.74, 6) is -0.0273. The molecule has 1 fully saturated rings. The smallest absolute Gasteiger partial charge is 0.252 e. The summed E-state index contributed by atoms with van der Waals surface area (Å²) < 4.78 is 27.2. The predicted molar refractivity (Wildman–Crippen MR) is 103 cm³/mol. The summed E-state index contributed by atoms with van der Waals surface area (Å²) in [6, 6.07) is 11.3. The third-order valence-electron chi connectivity index (χ3n) is 5.62. The van der Waals surface area contributed by atoms with Crippen molar-refractivity contribution in [2.75, 3.05) is 18.8 Å². The largest absolute Gasteiger partial charge is 0.345 e. The Balaban J connectivity index is 1.46. The number of rotatable bonds is 4. The standard InChI is InChI=1S/C20H23N3O3S/c24-19-18-4-2-1-3-17(18)5-9-20(22-19)10-13-23(15-20)27(25,26)14-8-16-6-11-21-12-7-16/h1-4,6-7,11-12H,5,8-10,13-15H2,(H,22,24)/t20-/m1/s1. The van der Waals surface area contributed by atoms with Gasteiger partial charge in [0.2, 0.25) is 10.0 Å². The van der Waals surface area contributed by atoms with Crippen LogP contribution >= 0.6 is 0 Å². The number of hydrogen-bond donors (Lipinski definition) is 1. The van der Waals surface area contributed by atoms with Crippen molar-refractivity contribution in [2.24, 2.45) is 0 Å². The lowest BCUT2D eigenvalue weighted by Crippen LogP contribution is -2.50. The lowest BCUT2D eigenvalue weighted by atomic mass is 9.92. The number of hydrogen-bond acceptors (Lipinski definition) is 4. The first-order chi connectivity index (χ1) is 13.0. The Hall–Kier alpha value is -2.25. The van der Waals surface area contributed by atoms with Crippen LogP contribution < -0.4 is 5.32 Å². The molecule has 1 aromatic carbocycles. The van der Waals surface area contributed by atoms with Crippen LogP contribution in [0.25, 0.3) is 0 Å². The highest BCUT2D eigenvalue weighted by Crippen LogP contribution is 2.32. The van der Waals surface area contributed by atoms with E-state index in [-0.39, 0.29) is 11.7 Å². The van der Waals surface area contributed by atoms with Crippen molar-refractivity contribution in [1.29, 1.82) is 0 Å². The number of nitrogens with one attached hydrogen (secondary N) is 1. The number of nitrogens with zero attached hydrogens (tertiary/aromatic N) is 2. The van der Waals surface area contributed by atoms with Crippen molar-refractivity contribution < 1.29 is 13.2 Å². The Morgan fingerprint density at radius 1 is 1.11 bits per heavy atom. The van der Waals surface area contributed by atoms with Crippen molar-refractivity contribution in [3.63, 3.8) is 0 Å². The summed E-state index contributed by atoms with van der Waals surface area (Å²) in [7, 11) is -3.37. The Kier molecular flexibility index (Phi) is 4.74. The minimum Gasteiger partial charge on any atom is -0.345 e. The van der Waals surface area contributed by atoms with Crippen molar-refractivity contribution >= 4 is 15.9 Å². The van der Waals surface area contributed by atoms with Crippen LogP contribution in [-0.2, 0) is 22.9 Å². The molecule has 2 aromatic rings. The number of amides is 1. The molecule has 2 aliphatic rings. The van der Waals surface area contributed by atoms with E-state index in [2.05, 4.69) is 10.3 Å². The lowest BCUT2D eigenvalue weighted by molar-refractivity contribution is 0.0906. The molecule has 0 radical (unpaired) electrons. The second-order valence-electron chi connectivity index (χ2n) is 7.40. The first-order valence-corrected chi connectivity index (χ1v) is 10.9. The number of aromatic nitrogens is 1. The predicted octanol–water partition coefficient (Wildman–Crippen LogP) is 1.77. The minimum atomic E-state index is -3.37. The van der Waals surface area contributed by atoms with Crippen LogP contribution in [0.15, 0.2) is 48.8 Å². The summed E-state index contributed by atoms with van der Waals surface area (Å²) in [5.41, 5.74) is 2.22. The quantitative estimate of drug-likeness (QED) is 0.870. The van der Waals surface area contributed by atoms with Gasteiger partial charge in [0, 0.05) is 31.0 Å². The Labute approximate surface area is 159 Å². The number of pyridine rings is 1. The molecule has 1 N–H and O–H groups in total. The van der Waals surface area contributed by atoms with E-state index in [1.807, 2.05) is 36.4 Å². The number of carbonyl (C=O) groups excluding carboxylic acids is 1. The van der Waals surface area contributed by atoms with Crippen LogP contribution in [0.4, 0.5) is 0 Å². The van der Waals surface area contributed by atoms with Crippen LogP contribution in [0.3, 0.4) is 0 Å². The highest BCUT2D eigenvalue weighted by atomic mass is 32.2. The molecule has 6 nitrogen and oxygen atoms in total. The first kappa shape index (κ1) is 18.1. The van der Waals surface area contributed by atoms with Crippen LogP contribution in [0.5, 0.6) is 0 Å².